The fourth-order valence-corrected chi connectivity index (χ4v) is 3.92. The molecule has 31 heavy (non-hydrogen) atoms. The summed E-state index contributed by atoms with van der Waals surface area (Å²) < 4.78 is 8.86. The van der Waals surface area contributed by atoms with Crippen molar-refractivity contribution in [2.45, 2.75) is 19.0 Å². The van der Waals surface area contributed by atoms with Crippen LogP contribution >= 0.6 is 11.8 Å². The van der Waals surface area contributed by atoms with Gasteiger partial charge in [0, 0.05) is 5.69 Å². The molecule has 0 atom stereocenters. The summed E-state index contributed by atoms with van der Waals surface area (Å²) in [5, 5.41) is 16.3. The van der Waals surface area contributed by atoms with E-state index >= 15 is 0 Å². The minimum absolute atomic E-state index is 0.131. The van der Waals surface area contributed by atoms with Crippen LogP contribution in [0.25, 0.3) is 11.4 Å². The van der Waals surface area contributed by atoms with Crippen molar-refractivity contribution in [3.63, 3.8) is 0 Å². The van der Waals surface area contributed by atoms with Crippen molar-refractivity contribution >= 4 is 23.4 Å². The smallest absolute Gasteiger partial charge is 0.234 e. The van der Waals surface area contributed by atoms with E-state index in [1.165, 1.54) is 11.8 Å². The number of anilines is 1. The van der Waals surface area contributed by atoms with Crippen LogP contribution in [0.2, 0.25) is 0 Å². The van der Waals surface area contributed by atoms with Crippen molar-refractivity contribution in [2.75, 3.05) is 18.2 Å². The molecule has 2 aromatic heterocycles. The molecule has 8 nitrogen and oxygen atoms in total. The molecule has 0 fully saturated rings. The van der Waals surface area contributed by atoms with Crippen molar-refractivity contribution < 1.29 is 9.53 Å². The average molecular weight is 435 g/mol. The Kier molecular flexibility index (Phi) is 6.03. The SMILES string of the molecule is COc1ccc(-n2cnnc2SCC(=O)Nc2c(C)nn(-c3ccccc3)c2C)cc1. The Balaban J connectivity index is 1.44. The number of benzene rings is 2. The van der Waals surface area contributed by atoms with Crippen molar-refractivity contribution in [1.29, 1.82) is 0 Å². The largest absolute Gasteiger partial charge is 0.497 e. The molecule has 2 heterocycles. The number of ether oxygens (including phenoxy) is 1. The number of aryl methyl sites for hydroxylation is 1. The Morgan fingerprint density at radius 3 is 2.52 bits per heavy atom. The molecule has 4 aromatic rings. The molecule has 0 aliphatic carbocycles. The molecule has 9 heteroatoms. The van der Waals surface area contributed by atoms with Gasteiger partial charge in [0.25, 0.3) is 0 Å². The minimum atomic E-state index is -0.131. The first-order chi connectivity index (χ1) is 15.1. The fraction of sp³-hybridized carbons (Fsp3) is 0.182. The molecule has 0 saturated heterocycles. The van der Waals surface area contributed by atoms with Gasteiger partial charge in [-0.05, 0) is 50.2 Å². The van der Waals surface area contributed by atoms with E-state index in [9.17, 15) is 4.79 Å². The predicted octanol–water partition coefficient (Wildman–Crippen LogP) is 3.81. The molecule has 1 N–H and O–H groups in total. The van der Waals surface area contributed by atoms with Gasteiger partial charge in [-0.1, -0.05) is 30.0 Å². The lowest BCUT2D eigenvalue weighted by atomic mass is 10.3. The van der Waals surface area contributed by atoms with Crippen molar-refractivity contribution in [2.24, 2.45) is 0 Å². The van der Waals surface area contributed by atoms with Gasteiger partial charge in [0.15, 0.2) is 5.16 Å². The van der Waals surface area contributed by atoms with Gasteiger partial charge in [-0.15, -0.1) is 10.2 Å². The minimum Gasteiger partial charge on any atom is -0.497 e. The van der Waals surface area contributed by atoms with Crippen LogP contribution in [0.3, 0.4) is 0 Å². The van der Waals surface area contributed by atoms with Crippen LogP contribution in [-0.4, -0.2) is 43.3 Å². The lowest BCUT2D eigenvalue weighted by Gasteiger charge is -2.08. The second kappa shape index (κ2) is 9.05. The van der Waals surface area contributed by atoms with Gasteiger partial charge in [-0.25, -0.2) is 4.68 Å². The van der Waals surface area contributed by atoms with E-state index in [2.05, 4.69) is 20.6 Å². The quantitative estimate of drug-likeness (QED) is 0.445. The van der Waals surface area contributed by atoms with Gasteiger partial charge >= 0.3 is 0 Å². The molecule has 0 unspecified atom stereocenters. The number of nitrogens with one attached hydrogen (secondary N) is 1. The summed E-state index contributed by atoms with van der Waals surface area (Å²) in [5.41, 5.74) is 4.21. The lowest BCUT2D eigenvalue weighted by molar-refractivity contribution is -0.113. The van der Waals surface area contributed by atoms with Gasteiger partial charge in [-0.2, -0.15) is 5.10 Å². The Labute approximate surface area is 184 Å². The molecular weight excluding hydrogens is 412 g/mol. The zero-order valence-corrected chi connectivity index (χ0v) is 18.3. The standard InChI is InChI=1S/C22H22N6O2S/c1-15-21(16(2)28(26-15)18-7-5-4-6-8-18)24-20(29)13-31-22-25-23-14-27(22)17-9-11-19(30-3)12-10-17/h4-12,14H,13H2,1-3H3,(H,24,29). The summed E-state index contributed by atoms with van der Waals surface area (Å²) in [5.74, 6) is 0.838. The number of thioether (sulfide) groups is 1. The van der Waals surface area contributed by atoms with Crippen molar-refractivity contribution in [3.05, 3.63) is 72.3 Å². The van der Waals surface area contributed by atoms with Crippen molar-refractivity contribution in [1.82, 2.24) is 24.5 Å². The number of methoxy groups -OCH3 is 1. The third-order valence-corrected chi connectivity index (χ3v) is 5.70. The van der Waals surface area contributed by atoms with E-state index in [1.807, 2.05) is 77.7 Å². The van der Waals surface area contributed by atoms with Crippen LogP contribution in [0.1, 0.15) is 11.4 Å². The molecule has 0 bridgehead atoms. The Bertz CT molecular complexity index is 1180. The first-order valence-electron chi connectivity index (χ1n) is 9.65. The Morgan fingerprint density at radius 2 is 1.81 bits per heavy atom. The zero-order chi connectivity index (χ0) is 21.8. The maximum atomic E-state index is 12.6. The summed E-state index contributed by atoms with van der Waals surface area (Å²) in [7, 11) is 1.63. The van der Waals surface area contributed by atoms with E-state index < -0.39 is 0 Å². The van der Waals surface area contributed by atoms with Gasteiger partial charge < -0.3 is 10.1 Å². The van der Waals surface area contributed by atoms with Crippen LogP contribution in [0, 0.1) is 13.8 Å². The molecule has 0 saturated carbocycles. The zero-order valence-electron chi connectivity index (χ0n) is 17.4. The molecule has 158 valence electrons. The van der Waals surface area contributed by atoms with Crippen LogP contribution in [-0.2, 0) is 4.79 Å². The number of para-hydroxylation sites is 1. The number of carbonyl (C=O) groups excluding carboxylic acids is 1. The first kappa shape index (κ1) is 20.7. The summed E-state index contributed by atoms with van der Waals surface area (Å²) in [6.45, 7) is 3.82. The van der Waals surface area contributed by atoms with Gasteiger partial charge in [0.1, 0.15) is 12.1 Å². The van der Waals surface area contributed by atoms with E-state index in [0.29, 0.717) is 5.16 Å². The highest BCUT2D eigenvalue weighted by Crippen LogP contribution is 2.25. The highest BCUT2D eigenvalue weighted by molar-refractivity contribution is 7.99. The molecule has 4 rings (SSSR count). The first-order valence-corrected chi connectivity index (χ1v) is 10.6. The van der Waals surface area contributed by atoms with E-state index in [-0.39, 0.29) is 11.7 Å². The maximum absolute atomic E-state index is 12.6. The highest BCUT2D eigenvalue weighted by Gasteiger charge is 2.16. The number of rotatable bonds is 7. The van der Waals surface area contributed by atoms with Crippen LogP contribution in [0.5, 0.6) is 5.75 Å². The van der Waals surface area contributed by atoms with E-state index in [0.717, 1.165) is 34.2 Å². The molecular formula is C22H22N6O2S. The molecule has 0 radical (unpaired) electrons. The summed E-state index contributed by atoms with van der Waals surface area (Å²) in [4.78, 5) is 12.6. The average Bonchev–Trinajstić information content (AvgIpc) is 3.38. The van der Waals surface area contributed by atoms with Crippen LogP contribution < -0.4 is 10.1 Å². The monoisotopic (exact) mass is 434 g/mol. The summed E-state index contributed by atoms with van der Waals surface area (Å²) >= 11 is 1.32. The summed E-state index contributed by atoms with van der Waals surface area (Å²) in [6.07, 6.45) is 1.63. The highest BCUT2D eigenvalue weighted by atomic mass is 32.2. The van der Waals surface area contributed by atoms with Crippen LogP contribution in [0.4, 0.5) is 5.69 Å². The van der Waals surface area contributed by atoms with Gasteiger partial charge in [0.2, 0.25) is 5.91 Å². The van der Waals surface area contributed by atoms with E-state index in [4.69, 9.17) is 4.74 Å². The third kappa shape index (κ3) is 4.46. The number of aromatic nitrogens is 5. The topological polar surface area (TPSA) is 86.9 Å². The predicted molar refractivity (Wildman–Crippen MR) is 120 cm³/mol. The molecule has 0 aliphatic heterocycles. The number of hydrogen-bond donors (Lipinski definition) is 1. The molecule has 1 amide bonds. The number of hydrogen-bond acceptors (Lipinski definition) is 6. The second-order valence-corrected chi connectivity index (χ2v) is 7.75. The lowest BCUT2D eigenvalue weighted by Crippen LogP contribution is -2.15. The Hall–Kier alpha value is -3.59. The maximum Gasteiger partial charge on any atom is 0.234 e. The fourth-order valence-electron chi connectivity index (χ4n) is 3.19. The number of nitrogens with zero attached hydrogens (tertiary/aromatic N) is 5. The summed E-state index contributed by atoms with van der Waals surface area (Å²) in [6, 6.07) is 17.4. The molecule has 0 aliphatic rings. The van der Waals surface area contributed by atoms with Crippen molar-refractivity contribution in [3.8, 4) is 17.1 Å². The van der Waals surface area contributed by atoms with Crippen LogP contribution in [0.15, 0.2) is 66.1 Å². The van der Waals surface area contributed by atoms with Gasteiger partial charge in [0.05, 0.1) is 35.6 Å². The third-order valence-electron chi connectivity index (χ3n) is 4.76. The number of carbonyl (C=O) groups is 1. The van der Waals surface area contributed by atoms with E-state index in [1.54, 1.807) is 13.4 Å². The van der Waals surface area contributed by atoms with Gasteiger partial charge in [-0.3, -0.25) is 9.36 Å². The molecule has 2 aromatic carbocycles. The molecule has 0 spiro atoms. The normalized spacial score (nSPS) is 10.8. The second-order valence-electron chi connectivity index (χ2n) is 6.81. The number of amides is 1. The Morgan fingerprint density at radius 1 is 1.06 bits per heavy atom.